The average molecular weight is 205 g/mol. The van der Waals surface area contributed by atoms with Crippen LogP contribution in [0.1, 0.15) is 45.7 Å². The molecule has 2 amide bonds. The molecule has 0 radical (unpaired) electrons. The van der Waals surface area contributed by atoms with Crippen molar-refractivity contribution in [2.75, 3.05) is 0 Å². The Morgan fingerprint density at radius 1 is 1.00 bits per heavy atom. The quantitative estimate of drug-likeness (QED) is 0.660. The fourth-order valence-corrected chi connectivity index (χ4v) is 1.68. The summed E-state index contributed by atoms with van der Waals surface area (Å²) in [6.07, 6.45) is 0. The van der Waals surface area contributed by atoms with E-state index in [-0.39, 0.29) is 11.8 Å². The predicted octanol–water partition coefficient (Wildman–Crippen LogP) is 2.21. The van der Waals surface area contributed by atoms with E-state index in [1.807, 2.05) is 33.8 Å². The van der Waals surface area contributed by atoms with Gasteiger partial charge < -0.3 is 0 Å². The minimum atomic E-state index is -0.285. The van der Waals surface area contributed by atoms with Crippen LogP contribution < -0.4 is 5.32 Å². The number of imide groups is 1. The summed E-state index contributed by atoms with van der Waals surface area (Å²) in [6.45, 7) is 7.74. The number of hydrogen-bond donors (Lipinski definition) is 1. The summed E-state index contributed by atoms with van der Waals surface area (Å²) < 4.78 is 0. The Labute approximate surface area is 89.5 Å². The molecule has 0 unspecified atom stereocenters. The third-order valence-corrected chi connectivity index (χ3v) is 2.18. The second-order valence-corrected chi connectivity index (χ2v) is 3.29. The normalized spacial score (nSPS) is 12.8. The Hall–Kier alpha value is -1.64. The summed E-state index contributed by atoms with van der Waals surface area (Å²) in [5.41, 5.74) is 2.89. The van der Waals surface area contributed by atoms with Crippen molar-refractivity contribution in [3.8, 4) is 0 Å². The van der Waals surface area contributed by atoms with Crippen LogP contribution in [0.4, 0.5) is 0 Å². The van der Waals surface area contributed by atoms with E-state index in [4.69, 9.17) is 0 Å². The molecule has 1 aromatic rings. The molecule has 0 aromatic heterocycles. The van der Waals surface area contributed by atoms with E-state index in [1.165, 1.54) is 0 Å². The number of fused-ring (bicyclic) bond motifs is 1. The van der Waals surface area contributed by atoms with E-state index in [9.17, 15) is 9.59 Å². The van der Waals surface area contributed by atoms with Gasteiger partial charge in [0, 0.05) is 0 Å². The minimum absolute atomic E-state index is 0.280. The molecule has 0 fully saturated rings. The lowest BCUT2D eigenvalue weighted by Crippen LogP contribution is -2.20. The Morgan fingerprint density at radius 2 is 1.60 bits per heavy atom. The SMILES string of the molecule is CC.Cc1cc(C)c2c(c1)C(=O)NC2=O. The van der Waals surface area contributed by atoms with Gasteiger partial charge in [-0.25, -0.2) is 0 Å². The monoisotopic (exact) mass is 205 g/mol. The lowest BCUT2D eigenvalue weighted by molar-refractivity contribution is 0.0879. The molecular formula is C12H15NO2. The van der Waals surface area contributed by atoms with Gasteiger partial charge in [-0.2, -0.15) is 0 Å². The molecule has 1 N–H and O–H groups in total. The van der Waals surface area contributed by atoms with Crippen molar-refractivity contribution >= 4 is 11.8 Å². The third kappa shape index (κ3) is 1.91. The zero-order valence-electron chi connectivity index (χ0n) is 9.47. The Bertz CT molecular complexity index is 422. The van der Waals surface area contributed by atoms with Crippen LogP contribution in [0.2, 0.25) is 0 Å². The molecule has 1 aliphatic heterocycles. The molecule has 0 bridgehead atoms. The summed E-state index contributed by atoms with van der Waals surface area (Å²) in [5, 5.41) is 2.27. The Balaban J connectivity index is 0.000000531. The van der Waals surface area contributed by atoms with Crippen LogP contribution in [0.15, 0.2) is 12.1 Å². The zero-order valence-corrected chi connectivity index (χ0v) is 9.47. The van der Waals surface area contributed by atoms with Gasteiger partial charge in [0.25, 0.3) is 11.8 Å². The summed E-state index contributed by atoms with van der Waals surface area (Å²) in [6, 6.07) is 3.64. The molecule has 0 aliphatic carbocycles. The highest BCUT2D eigenvalue weighted by atomic mass is 16.2. The molecular weight excluding hydrogens is 190 g/mol. The predicted molar refractivity (Wildman–Crippen MR) is 59.1 cm³/mol. The second-order valence-electron chi connectivity index (χ2n) is 3.29. The third-order valence-electron chi connectivity index (χ3n) is 2.18. The van der Waals surface area contributed by atoms with Gasteiger partial charge in [-0.1, -0.05) is 25.5 Å². The van der Waals surface area contributed by atoms with E-state index < -0.39 is 0 Å². The fraction of sp³-hybridized carbons (Fsp3) is 0.333. The molecule has 2 rings (SSSR count). The van der Waals surface area contributed by atoms with Gasteiger partial charge >= 0.3 is 0 Å². The second kappa shape index (κ2) is 4.26. The zero-order chi connectivity index (χ0) is 11.6. The molecule has 0 saturated heterocycles. The van der Waals surface area contributed by atoms with Crippen LogP contribution in [0.25, 0.3) is 0 Å². The lowest BCUT2D eigenvalue weighted by Gasteiger charge is -2.00. The summed E-state index contributed by atoms with van der Waals surface area (Å²) in [5.74, 6) is -0.565. The molecule has 1 aromatic carbocycles. The maximum Gasteiger partial charge on any atom is 0.259 e. The van der Waals surface area contributed by atoms with Crippen molar-refractivity contribution in [1.82, 2.24) is 5.32 Å². The fourth-order valence-electron chi connectivity index (χ4n) is 1.68. The number of hydrogen-bond acceptors (Lipinski definition) is 2. The number of aryl methyl sites for hydroxylation is 2. The van der Waals surface area contributed by atoms with Crippen molar-refractivity contribution in [2.45, 2.75) is 27.7 Å². The summed E-state index contributed by atoms with van der Waals surface area (Å²) >= 11 is 0. The molecule has 1 heterocycles. The summed E-state index contributed by atoms with van der Waals surface area (Å²) in [7, 11) is 0. The van der Waals surface area contributed by atoms with Crippen LogP contribution in [0.5, 0.6) is 0 Å². The van der Waals surface area contributed by atoms with Gasteiger partial charge in [-0.15, -0.1) is 0 Å². The number of rotatable bonds is 0. The van der Waals surface area contributed by atoms with Gasteiger partial charge in [0.1, 0.15) is 0 Å². The van der Waals surface area contributed by atoms with E-state index in [2.05, 4.69) is 5.32 Å². The first-order valence-corrected chi connectivity index (χ1v) is 5.06. The minimum Gasteiger partial charge on any atom is -0.288 e. The van der Waals surface area contributed by atoms with E-state index >= 15 is 0 Å². The largest absolute Gasteiger partial charge is 0.288 e. The van der Waals surface area contributed by atoms with Gasteiger partial charge in [0.2, 0.25) is 0 Å². The number of benzene rings is 1. The molecule has 0 saturated carbocycles. The van der Waals surface area contributed by atoms with Gasteiger partial charge in [0.15, 0.2) is 0 Å². The molecule has 1 aliphatic rings. The molecule has 3 nitrogen and oxygen atoms in total. The molecule has 0 spiro atoms. The molecule has 80 valence electrons. The van der Waals surface area contributed by atoms with Crippen molar-refractivity contribution in [1.29, 1.82) is 0 Å². The average Bonchev–Trinajstić information content (AvgIpc) is 2.45. The number of amides is 2. The van der Waals surface area contributed by atoms with Gasteiger partial charge in [-0.3, -0.25) is 14.9 Å². The van der Waals surface area contributed by atoms with Crippen molar-refractivity contribution in [3.05, 3.63) is 34.4 Å². The first-order chi connectivity index (χ1) is 7.09. The summed E-state index contributed by atoms with van der Waals surface area (Å²) in [4.78, 5) is 22.5. The van der Waals surface area contributed by atoms with E-state index in [0.717, 1.165) is 11.1 Å². The lowest BCUT2D eigenvalue weighted by atomic mass is 10.0. The van der Waals surface area contributed by atoms with Crippen LogP contribution in [0.3, 0.4) is 0 Å². The highest BCUT2D eigenvalue weighted by molar-refractivity contribution is 6.22. The number of nitrogens with one attached hydrogen (secondary N) is 1. The molecule has 0 atom stereocenters. The van der Waals surface area contributed by atoms with Gasteiger partial charge in [-0.05, 0) is 25.5 Å². The smallest absolute Gasteiger partial charge is 0.259 e. The standard InChI is InChI=1S/C10H9NO2.C2H6/c1-5-3-6(2)8-7(4-5)9(12)11-10(8)13;1-2/h3-4H,1-2H3,(H,11,12,13);1-2H3. The van der Waals surface area contributed by atoms with E-state index in [1.54, 1.807) is 6.07 Å². The number of carbonyl (C=O) groups excluding carboxylic acids is 2. The highest BCUT2D eigenvalue weighted by Crippen LogP contribution is 2.21. The molecule has 3 heteroatoms. The van der Waals surface area contributed by atoms with Crippen molar-refractivity contribution < 1.29 is 9.59 Å². The van der Waals surface area contributed by atoms with Crippen LogP contribution in [-0.4, -0.2) is 11.8 Å². The maximum atomic E-state index is 11.3. The first-order valence-electron chi connectivity index (χ1n) is 5.06. The highest BCUT2D eigenvalue weighted by Gasteiger charge is 2.28. The number of carbonyl (C=O) groups is 2. The van der Waals surface area contributed by atoms with Crippen molar-refractivity contribution in [3.63, 3.8) is 0 Å². The topological polar surface area (TPSA) is 46.2 Å². The molecule has 15 heavy (non-hydrogen) atoms. The van der Waals surface area contributed by atoms with Gasteiger partial charge in [0.05, 0.1) is 11.1 Å². The Kier molecular flexibility index (Phi) is 3.24. The van der Waals surface area contributed by atoms with Crippen LogP contribution >= 0.6 is 0 Å². The Morgan fingerprint density at radius 3 is 2.20 bits per heavy atom. The van der Waals surface area contributed by atoms with Crippen LogP contribution in [-0.2, 0) is 0 Å². The maximum absolute atomic E-state index is 11.3. The first kappa shape index (κ1) is 11.4. The van der Waals surface area contributed by atoms with Crippen LogP contribution in [0, 0.1) is 13.8 Å². The van der Waals surface area contributed by atoms with E-state index in [0.29, 0.717) is 11.1 Å². The van der Waals surface area contributed by atoms with Crippen molar-refractivity contribution in [2.24, 2.45) is 0 Å².